The van der Waals surface area contributed by atoms with Crippen molar-refractivity contribution in [2.24, 2.45) is 0 Å². The largest absolute Gasteiger partial charge is 0.455 e. The number of para-hydroxylation sites is 2. The van der Waals surface area contributed by atoms with Crippen molar-refractivity contribution in [3.63, 3.8) is 0 Å². The first-order chi connectivity index (χ1) is 27.8. The fourth-order valence-electron chi connectivity index (χ4n) is 8.90. The van der Waals surface area contributed by atoms with Crippen LogP contribution in [0.5, 0.6) is 0 Å². The number of pyridine rings is 1. The maximum absolute atomic E-state index is 6.85. The van der Waals surface area contributed by atoms with Gasteiger partial charge in [0.1, 0.15) is 11.2 Å². The van der Waals surface area contributed by atoms with Gasteiger partial charge < -0.3 is 4.42 Å². The van der Waals surface area contributed by atoms with Crippen molar-refractivity contribution >= 4 is 85.9 Å². The SMILES string of the molecule is c1ccc(-c2nc3ccccc3c3c2ccc2oc4c(-c5cccc(-c6cccc7c6sc6ccc(-c8cccc9ccccc89)cc67)c5)cccc4c23)cc1. The minimum Gasteiger partial charge on any atom is -0.455 e. The molecule has 12 rings (SSSR count). The third kappa shape index (κ3) is 4.71. The number of rotatable bonds is 4. The van der Waals surface area contributed by atoms with E-state index in [0.29, 0.717) is 0 Å². The van der Waals surface area contributed by atoms with E-state index in [1.165, 1.54) is 58.6 Å². The van der Waals surface area contributed by atoms with Gasteiger partial charge in [0.05, 0.1) is 11.2 Å². The summed E-state index contributed by atoms with van der Waals surface area (Å²) in [5, 5.41) is 10.8. The van der Waals surface area contributed by atoms with Crippen LogP contribution in [-0.2, 0) is 0 Å². The van der Waals surface area contributed by atoms with Gasteiger partial charge in [-0.2, -0.15) is 0 Å². The fourth-order valence-corrected chi connectivity index (χ4v) is 10.1. The highest BCUT2D eigenvalue weighted by Gasteiger charge is 2.20. The van der Waals surface area contributed by atoms with Gasteiger partial charge in [0.15, 0.2) is 0 Å². The van der Waals surface area contributed by atoms with Crippen LogP contribution in [0.25, 0.3) is 119 Å². The van der Waals surface area contributed by atoms with Gasteiger partial charge in [0, 0.05) is 58.2 Å². The second-order valence-corrected chi connectivity index (χ2v) is 15.6. The number of hydrogen-bond acceptors (Lipinski definition) is 3. The summed E-state index contributed by atoms with van der Waals surface area (Å²) < 4.78 is 9.45. The summed E-state index contributed by atoms with van der Waals surface area (Å²) in [6.45, 7) is 0. The van der Waals surface area contributed by atoms with Crippen molar-refractivity contribution in [3.05, 3.63) is 188 Å². The van der Waals surface area contributed by atoms with Gasteiger partial charge in [0.2, 0.25) is 0 Å². The molecule has 0 saturated carbocycles. The number of aromatic nitrogens is 1. The van der Waals surface area contributed by atoms with Gasteiger partial charge >= 0.3 is 0 Å². The Hall–Kier alpha value is -7.07. The highest BCUT2D eigenvalue weighted by Crippen LogP contribution is 2.45. The smallest absolute Gasteiger partial charge is 0.143 e. The molecular weight excluding hydrogens is 699 g/mol. The number of furan rings is 1. The van der Waals surface area contributed by atoms with E-state index in [2.05, 4.69) is 188 Å². The third-order valence-corrected chi connectivity index (χ3v) is 12.7. The molecule has 3 aromatic heterocycles. The molecule has 0 spiro atoms. The Morgan fingerprint density at radius 2 is 1.05 bits per heavy atom. The van der Waals surface area contributed by atoms with E-state index in [1.807, 2.05) is 11.3 Å². The van der Waals surface area contributed by atoms with E-state index in [9.17, 15) is 0 Å². The lowest BCUT2D eigenvalue weighted by Gasteiger charge is -2.11. The zero-order valence-electron chi connectivity index (χ0n) is 30.2. The van der Waals surface area contributed by atoms with Gasteiger partial charge in [-0.25, -0.2) is 4.98 Å². The summed E-state index contributed by atoms with van der Waals surface area (Å²) in [5.41, 5.74) is 12.0. The van der Waals surface area contributed by atoms with Crippen LogP contribution in [0.3, 0.4) is 0 Å². The molecule has 0 bridgehead atoms. The molecule has 56 heavy (non-hydrogen) atoms. The van der Waals surface area contributed by atoms with Crippen LogP contribution in [0.4, 0.5) is 0 Å². The van der Waals surface area contributed by atoms with E-state index >= 15 is 0 Å². The summed E-state index contributed by atoms with van der Waals surface area (Å²) in [7, 11) is 0. The Labute approximate surface area is 326 Å². The van der Waals surface area contributed by atoms with Gasteiger partial charge in [-0.05, 0) is 75.0 Å². The molecule has 0 aliphatic rings. The van der Waals surface area contributed by atoms with Crippen molar-refractivity contribution < 1.29 is 4.42 Å². The molecule has 0 fully saturated rings. The third-order valence-electron chi connectivity index (χ3n) is 11.5. The van der Waals surface area contributed by atoms with Gasteiger partial charge in [-0.3, -0.25) is 0 Å². The standard InChI is InChI=1S/C53H31NOS/c1-2-13-33(14-3-1)51-43-27-28-47-50(49(43)42-19-6-7-25-46(42)54-51)44-24-10-21-39(52(44)55-47)34-16-8-17-35(30-34)40-22-11-23-41-45-31-36(26-29-48(45)56-53(40)41)38-20-9-15-32-12-4-5-18-37(32)38/h1-31H. The van der Waals surface area contributed by atoms with E-state index in [-0.39, 0.29) is 0 Å². The molecule has 0 saturated heterocycles. The van der Waals surface area contributed by atoms with Crippen LogP contribution in [0.1, 0.15) is 0 Å². The Balaban J connectivity index is 1.02. The topological polar surface area (TPSA) is 26.0 Å². The Morgan fingerprint density at radius 3 is 1.96 bits per heavy atom. The van der Waals surface area contributed by atoms with E-state index in [4.69, 9.17) is 9.40 Å². The number of benzene rings is 9. The van der Waals surface area contributed by atoms with Crippen molar-refractivity contribution in [3.8, 4) is 44.6 Å². The predicted octanol–water partition coefficient (Wildman–Crippen LogP) is 15.5. The lowest BCUT2D eigenvalue weighted by Crippen LogP contribution is -1.90. The quantitative estimate of drug-likeness (QED) is 0.169. The van der Waals surface area contributed by atoms with Crippen molar-refractivity contribution in [2.45, 2.75) is 0 Å². The molecule has 0 unspecified atom stereocenters. The molecule has 12 aromatic rings. The van der Waals surface area contributed by atoms with Crippen LogP contribution in [0.15, 0.2) is 192 Å². The molecule has 3 heteroatoms. The first-order valence-corrected chi connectivity index (χ1v) is 19.8. The maximum atomic E-state index is 6.85. The molecule has 9 aromatic carbocycles. The minimum absolute atomic E-state index is 0.879. The number of thiophene rings is 1. The molecule has 2 nitrogen and oxygen atoms in total. The van der Waals surface area contributed by atoms with Crippen molar-refractivity contribution in [1.29, 1.82) is 0 Å². The molecule has 0 radical (unpaired) electrons. The first-order valence-electron chi connectivity index (χ1n) is 19.0. The zero-order chi connectivity index (χ0) is 36.7. The molecule has 0 aliphatic carbocycles. The summed E-state index contributed by atoms with van der Waals surface area (Å²) in [4.78, 5) is 5.18. The second kappa shape index (κ2) is 12.2. The molecular formula is C53H31NOS. The lowest BCUT2D eigenvalue weighted by molar-refractivity contribution is 0.670. The Bertz CT molecular complexity index is 3530. The highest BCUT2D eigenvalue weighted by molar-refractivity contribution is 7.26. The minimum atomic E-state index is 0.879. The molecule has 3 heterocycles. The van der Waals surface area contributed by atoms with Crippen molar-refractivity contribution in [1.82, 2.24) is 4.98 Å². The molecule has 260 valence electrons. The average molecular weight is 730 g/mol. The molecule has 0 amide bonds. The molecule has 0 atom stereocenters. The maximum Gasteiger partial charge on any atom is 0.143 e. The van der Waals surface area contributed by atoms with E-state index in [0.717, 1.165) is 60.6 Å². The number of fused-ring (bicyclic) bond motifs is 11. The summed E-state index contributed by atoms with van der Waals surface area (Å²) in [6, 6.07) is 67.7. The Kier molecular flexibility index (Phi) is 6.83. The van der Waals surface area contributed by atoms with Crippen LogP contribution in [-0.4, -0.2) is 4.98 Å². The Morgan fingerprint density at radius 1 is 0.393 bits per heavy atom. The van der Waals surface area contributed by atoms with Crippen LogP contribution < -0.4 is 0 Å². The van der Waals surface area contributed by atoms with Gasteiger partial charge in [-0.15, -0.1) is 11.3 Å². The van der Waals surface area contributed by atoms with Gasteiger partial charge in [0.25, 0.3) is 0 Å². The normalized spacial score (nSPS) is 11.9. The van der Waals surface area contributed by atoms with Crippen LogP contribution in [0.2, 0.25) is 0 Å². The zero-order valence-corrected chi connectivity index (χ0v) is 31.0. The lowest BCUT2D eigenvalue weighted by atomic mass is 9.94. The molecule has 0 N–H and O–H groups in total. The second-order valence-electron chi connectivity index (χ2n) is 14.6. The fraction of sp³-hybridized carbons (Fsp3) is 0. The summed E-state index contributed by atoms with van der Waals surface area (Å²) >= 11 is 1.88. The first kappa shape index (κ1) is 31.3. The monoisotopic (exact) mass is 729 g/mol. The number of nitrogens with zero attached hydrogens (tertiary/aromatic N) is 1. The van der Waals surface area contributed by atoms with E-state index in [1.54, 1.807) is 0 Å². The van der Waals surface area contributed by atoms with E-state index < -0.39 is 0 Å². The summed E-state index contributed by atoms with van der Waals surface area (Å²) in [5.74, 6) is 0. The summed E-state index contributed by atoms with van der Waals surface area (Å²) in [6.07, 6.45) is 0. The van der Waals surface area contributed by atoms with Crippen molar-refractivity contribution in [2.75, 3.05) is 0 Å². The van der Waals surface area contributed by atoms with Gasteiger partial charge in [-0.1, -0.05) is 152 Å². The number of hydrogen-bond donors (Lipinski definition) is 0. The average Bonchev–Trinajstić information content (AvgIpc) is 3.84. The van der Waals surface area contributed by atoms with Crippen LogP contribution in [0, 0.1) is 0 Å². The predicted molar refractivity (Wildman–Crippen MR) is 239 cm³/mol. The van der Waals surface area contributed by atoms with Crippen LogP contribution >= 0.6 is 11.3 Å². The molecule has 0 aliphatic heterocycles. The highest BCUT2D eigenvalue weighted by atomic mass is 32.1.